The van der Waals surface area contributed by atoms with E-state index >= 15 is 0 Å². The first-order valence-electron chi connectivity index (χ1n) is 15.2. The van der Waals surface area contributed by atoms with Crippen LogP contribution < -0.4 is 5.32 Å². The SMILES string of the molecule is CNCCN(CC(C)C)C(=O)O/N=C(\C)[C@H]1CC[C@H]2[C@@H]3CCC4=CC(=O)CC[C@]4(C)[C@H]3CC[C@]12C.O=C(O)C(F)(F)F. The Labute approximate surface area is 247 Å². The summed E-state index contributed by atoms with van der Waals surface area (Å²) in [5.74, 6) is 0.436. The molecule has 0 spiro atoms. The molecule has 0 radical (unpaired) electrons. The predicted octanol–water partition coefficient (Wildman–Crippen LogP) is 6.46. The largest absolute Gasteiger partial charge is 0.490 e. The first-order valence-corrected chi connectivity index (χ1v) is 15.2. The average Bonchev–Trinajstić information content (AvgIpc) is 3.26. The number of aliphatic carboxylic acids is 1. The minimum Gasteiger partial charge on any atom is -0.475 e. The number of hydrogen-bond acceptors (Lipinski definition) is 6. The number of carbonyl (C=O) groups excluding carboxylic acids is 2. The first kappa shape index (κ1) is 34.1. The number of allylic oxidation sites excluding steroid dienone is 1. The molecule has 0 saturated heterocycles. The fraction of sp³-hybridized carbons (Fsp3) is 0.806. The molecule has 0 aromatic carbocycles. The summed E-state index contributed by atoms with van der Waals surface area (Å²) in [6.45, 7) is 13.2. The van der Waals surface area contributed by atoms with Gasteiger partial charge >= 0.3 is 18.2 Å². The number of rotatable bonds is 7. The second-order valence-electron chi connectivity index (χ2n) is 13.5. The molecule has 3 fully saturated rings. The number of carbonyl (C=O) groups is 3. The summed E-state index contributed by atoms with van der Waals surface area (Å²) >= 11 is 0. The van der Waals surface area contributed by atoms with E-state index in [2.05, 4.69) is 45.1 Å². The van der Waals surface area contributed by atoms with Crippen molar-refractivity contribution in [2.45, 2.75) is 92.2 Å². The third-order valence-electron chi connectivity index (χ3n) is 10.5. The maximum absolute atomic E-state index is 12.8. The van der Waals surface area contributed by atoms with Crippen LogP contribution in [0, 0.1) is 40.4 Å². The molecule has 4 aliphatic rings. The molecule has 6 atom stereocenters. The minimum absolute atomic E-state index is 0.210. The predicted molar refractivity (Wildman–Crippen MR) is 154 cm³/mol. The van der Waals surface area contributed by atoms with Crippen molar-refractivity contribution >= 4 is 23.6 Å². The second-order valence-corrected chi connectivity index (χ2v) is 13.5. The number of ketones is 1. The number of nitrogens with zero attached hydrogens (tertiary/aromatic N) is 2. The maximum Gasteiger partial charge on any atom is 0.490 e. The van der Waals surface area contributed by atoms with Gasteiger partial charge in [0.1, 0.15) is 0 Å². The fourth-order valence-electron chi connectivity index (χ4n) is 8.42. The van der Waals surface area contributed by atoms with E-state index in [0.29, 0.717) is 49.0 Å². The van der Waals surface area contributed by atoms with Crippen LogP contribution in [0.1, 0.15) is 86.0 Å². The number of nitrogens with one attached hydrogen (secondary N) is 1. The molecule has 11 heteroatoms. The Morgan fingerprint density at radius 3 is 2.40 bits per heavy atom. The molecule has 42 heavy (non-hydrogen) atoms. The Kier molecular flexibility index (Phi) is 10.9. The van der Waals surface area contributed by atoms with E-state index in [9.17, 15) is 22.8 Å². The Balaban J connectivity index is 0.000000616. The van der Waals surface area contributed by atoms with E-state index < -0.39 is 12.1 Å². The number of fused-ring (bicyclic) bond motifs is 5. The molecule has 3 saturated carbocycles. The number of carboxylic acids is 1. The molecular weight excluding hydrogens is 551 g/mol. The van der Waals surface area contributed by atoms with Crippen LogP contribution in [0.25, 0.3) is 0 Å². The average molecular weight is 600 g/mol. The zero-order valence-corrected chi connectivity index (χ0v) is 25.9. The van der Waals surface area contributed by atoms with Crippen molar-refractivity contribution in [1.29, 1.82) is 0 Å². The lowest BCUT2D eigenvalue weighted by atomic mass is 9.46. The van der Waals surface area contributed by atoms with Crippen molar-refractivity contribution in [2.75, 3.05) is 26.7 Å². The Morgan fingerprint density at radius 1 is 1.14 bits per heavy atom. The molecular formula is C31H48F3N3O5. The van der Waals surface area contributed by atoms with Crippen LogP contribution in [0.2, 0.25) is 0 Å². The summed E-state index contributed by atoms with van der Waals surface area (Å²) < 4.78 is 31.7. The zero-order chi connectivity index (χ0) is 31.5. The van der Waals surface area contributed by atoms with Crippen molar-refractivity contribution in [3.63, 3.8) is 0 Å². The van der Waals surface area contributed by atoms with Gasteiger partial charge in [0.15, 0.2) is 5.78 Å². The van der Waals surface area contributed by atoms with Crippen LogP contribution in [0.5, 0.6) is 0 Å². The summed E-state index contributed by atoms with van der Waals surface area (Å²) in [7, 11) is 1.89. The van der Waals surface area contributed by atoms with Crippen LogP contribution in [0.4, 0.5) is 18.0 Å². The number of alkyl halides is 3. The van der Waals surface area contributed by atoms with Crippen molar-refractivity contribution in [3.8, 4) is 0 Å². The van der Waals surface area contributed by atoms with Crippen LogP contribution in [0.3, 0.4) is 0 Å². The number of likely N-dealkylation sites (N-methyl/N-ethyl adjacent to an activating group) is 1. The molecule has 0 unspecified atom stereocenters. The molecule has 238 valence electrons. The highest BCUT2D eigenvalue weighted by Crippen LogP contribution is 2.66. The smallest absolute Gasteiger partial charge is 0.475 e. The lowest BCUT2D eigenvalue weighted by Crippen LogP contribution is -2.51. The summed E-state index contributed by atoms with van der Waals surface area (Å²) in [4.78, 5) is 41.0. The van der Waals surface area contributed by atoms with Crippen LogP contribution in [-0.2, 0) is 14.4 Å². The molecule has 0 aromatic heterocycles. The highest BCUT2D eigenvalue weighted by molar-refractivity contribution is 5.91. The highest BCUT2D eigenvalue weighted by atomic mass is 19.4. The van der Waals surface area contributed by atoms with Gasteiger partial charge in [-0.3, -0.25) is 9.63 Å². The lowest BCUT2D eigenvalue weighted by molar-refractivity contribution is -0.192. The van der Waals surface area contributed by atoms with Crippen LogP contribution >= 0.6 is 0 Å². The van der Waals surface area contributed by atoms with E-state index in [1.165, 1.54) is 31.3 Å². The van der Waals surface area contributed by atoms with Crippen molar-refractivity contribution in [2.24, 2.45) is 45.6 Å². The van der Waals surface area contributed by atoms with Gasteiger partial charge in [-0.2, -0.15) is 13.2 Å². The van der Waals surface area contributed by atoms with Gasteiger partial charge in [0.25, 0.3) is 0 Å². The van der Waals surface area contributed by atoms with Gasteiger partial charge in [0.05, 0.1) is 5.71 Å². The molecule has 2 N–H and O–H groups in total. The topological polar surface area (TPSA) is 108 Å². The molecule has 0 heterocycles. The molecule has 4 rings (SSSR count). The van der Waals surface area contributed by atoms with Gasteiger partial charge < -0.3 is 15.3 Å². The summed E-state index contributed by atoms with van der Waals surface area (Å²) in [5, 5.41) is 14.7. The number of carboxylic acid groups (broad SMARTS) is 1. The number of oxime groups is 1. The summed E-state index contributed by atoms with van der Waals surface area (Å²) in [6.07, 6.45) is 5.41. The fourth-order valence-corrected chi connectivity index (χ4v) is 8.42. The van der Waals surface area contributed by atoms with Crippen LogP contribution in [0.15, 0.2) is 16.8 Å². The molecule has 1 amide bonds. The van der Waals surface area contributed by atoms with E-state index in [4.69, 9.17) is 14.7 Å². The van der Waals surface area contributed by atoms with Gasteiger partial charge in [-0.1, -0.05) is 38.4 Å². The maximum atomic E-state index is 12.8. The van der Waals surface area contributed by atoms with E-state index in [0.717, 1.165) is 37.4 Å². The van der Waals surface area contributed by atoms with Crippen molar-refractivity contribution < 1.29 is 37.5 Å². The minimum atomic E-state index is -5.08. The van der Waals surface area contributed by atoms with E-state index in [1.54, 1.807) is 4.90 Å². The molecule has 8 nitrogen and oxygen atoms in total. The summed E-state index contributed by atoms with van der Waals surface area (Å²) in [6, 6.07) is 0. The monoisotopic (exact) mass is 599 g/mol. The number of amides is 1. The first-order chi connectivity index (χ1) is 19.5. The van der Waals surface area contributed by atoms with Crippen molar-refractivity contribution in [1.82, 2.24) is 10.2 Å². The van der Waals surface area contributed by atoms with E-state index in [-0.39, 0.29) is 16.9 Å². The van der Waals surface area contributed by atoms with Gasteiger partial charge in [-0.25, -0.2) is 9.59 Å². The standard InChI is InChI=1S/C29H47N3O3.C2HF3O2/c1-19(2)18-32(16-15-30-6)27(34)35-31-20(3)24-9-10-25-23-8-7-21-17-22(33)11-13-28(21,4)26(23)12-14-29(24,25)5;3-2(4,5)1(6)7/h17,19,23-26,30H,7-16,18H2,1-6H3;(H,6,7)/b31-20+;/t23-,24+,25-,26-,28-,29+;/m0./s1. The molecule has 4 aliphatic carbocycles. The van der Waals surface area contributed by atoms with Crippen molar-refractivity contribution in [3.05, 3.63) is 11.6 Å². The highest BCUT2D eigenvalue weighted by Gasteiger charge is 2.59. The lowest BCUT2D eigenvalue weighted by Gasteiger charge is -2.58. The molecule has 0 aliphatic heterocycles. The van der Waals surface area contributed by atoms with Gasteiger partial charge in [-0.15, -0.1) is 0 Å². The normalized spacial score (nSPS) is 32.6. The Hall–Kier alpha value is -2.43. The summed E-state index contributed by atoms with van der Waals surface area (Å²) in [5.41, 5.74) is 2.84. The molecule has 0 bridgehead atoms. The zero-order valence-electron chi connectivity index (χ0n) is 25.9. The third-order valence-corrected chi connectivity index (χ3v) is 10.5. The quantitative estimate of drug-likeness (QED) is 0.198. The Morgan fingerprint density at radius 2 is 1.81 bits per heavy atom. The Bertz CT molecular complexity index is 1070. The van der Waals surface area contributed by atoms with Gasteiger partial charge in [0.2, 0.25) is 0 Å². The van der Waals surface area contributed by atoms with Gasteiger partial charge in [-0.05, 0) is 99.5 Å². The van der Waals surface area contributed by atoms with Gasteiger partial charge in [0, 0.05) is 32.0 Å². The number of hydrogen-bond donors (Lipinski definition) is 2. The molecule has 0 aromatic rings. The van der Waals surface area contributed by atoms with E-state index in [1.807, 2.05) is 13.1 Å². The third kappa shape index (κ3) is 7.37. The van der Waals surface area contributed by atoms with Crippen LogP contribution in [-0.4, -0.2) is 66.4 Å². The second kappa shape index (κ2) is 13.5. The number of halogens is 3.